The van der Waals surface area contributed by atoms with Gasteiger partial charge in [-0.05, 0) is 36.8 Å². The lowest BCUT2D eigenvalue weighted by atomic mass is 10.1. The van der Waals surface area contributed by atoms with E-state index < -0.39 is 5.91 Å². The van der Waals surface area contributed by atoms with Gasteiger partial charge in [0.1, 0.15) is 5.75 Å². The lowest BCUT2D eigenvalue weighted by Crippen LogP contribution is -2.47. The van der Waals surface area contributed by atoms with Crippen LogP contribution in [0.1, 0.15) is 18.5 Å². The maximum atomic E-state index is 11.8. The van der Waals surface area contributed by atoms with Crippen LogP contribution >= 0.6 is 15.9 Å². The summed E-state index contributed by atoms with van der Waals surface area (Å²) in [5.41, 5.74) is 5.75. The minimum Gasteiger partial charge on any atom is -0.484 e. The van der Waals surface area contributed by atoms with Crippen LogP contribution in [0.2, 0.25) is 0 Å². The molecule has 2 aromatic rings. The molecule has 0 aliphatic rings. The number of halogens is 1. The maximum Gasteiger partial charge on any atom is 0.276 e. The summed E-state index contributed by atoms with van der Waals surface area (Å²) in [4.78, 5) is 23.4. The van der Waals surface area contributed by atoms with Gasteiger partial charge in [-0.15, -0.1) is 0 Å². The van der Waals surface area contributed by atoms with Crippen molar-refractivity contribution in [2.75, 3.05) is 13.2 Å². The predicted molar refractivity (Wildman–Crippen MR) is 98.8 cm³/mol. The van der Waals surface area contributed by atoms with E-state index in [0.717, 1.165) is 10.0 Å². The number of carbonyl (C=O) groups excluding carboxylic acids is 2. The largest absolute Gasteiger partial charge is 0.484 e. The molecule has 0 heterocycles. The second-order valence-corrected chi connectivity index (χ2v) is 6.27. The van der Waals surface area contributed by atoms with Gasteiger partial charge in [0.05, 0.1) is 6.54 Å². The zero-order chi connectivity index (χ0) is 18.1. The summed E-state index contributed by atoms with van der Waals surface area (Å²) in [5, 5.41) is 3.09. The Morgan fingerprint density at radius 2 is 1.64 bits per heavy atom. The summed E-state index contributed by atoms with van der Waals surface area (Å²) in [6.45, 7) is 1.87. The van der Waals surface area contributed by atoms with Gasteiger partial charge in [-0.3, -0.25) is 20.4 Å². The van der Waals surface area contributed by atoms with Gasteiger partial charge < -0.3 is 10.1 Å². The molecule has 0 unspecified atom stereocenters. The van der Waals surface area contributed by atoms with E-state index in [0.29, 0.717) is 5.75 Å². The molecule has 0 saturated heterocycles. The average molecular weight is 406 g/mol. The summed E-state index contributed by atoms with van der Waals surface area (Å²) < 4.78 is 6.24. The number of benzene rings is 2. The SMILES string of the molecule is C[C@@H](NCC(=O)NNC(=O)COc1ccc(Br)cc1)c1ccccc1. The summed E-state index contributed by atoms with van der Waals surface area (Å²) >= 11 is 3.32. The van der Waals surface area contributed by atoms with Crippen LogP contribution in [0.25, 0.3) is 0 Å². The third kappa shape index (κ3) is 6.94. The third-order valence-electron chi connectivity index (χ3n) is 3.39. The summed E-state index contributed by atoms with van der Waals surface area (Å²) in [6.07, 6.45) is 0. The van der Waals surface area contributed by atoms with Gasteiger partial charge >= 0.3 is 0 Å². The minimum atomic E-state index is -0.438. The van der Waals surface area contributed by atoms with Crippen LogP contribution in [-0.2, 0) is 9.59 Å². The molecule has 1 atom stereocenters. The van der Waals surface area contributed by atoms with E-state index in [4.69, 9.17) is 4.74 Å². The van der Waals surface area contributed by atoms with Crippen molar-refractivity contribution in [3.63, 3.8) is 0 Å². The van der Waals surface area contributed by atoms with E-state index in [1.54, 1.807) is 12.1 Å². The van der Waals surface area contributed by atoms with Gasteiger partial charge in [0, 0.05) is 10.5 Å². The molecule has 0 bridgehead atoms. The molecule has 0 aliphatic heterocycles. The number of hydrogen-bond acceptors (Lipinski definition) is 4. The fraction of sp³-hybridized carbons (Fsp3) is 0.222. The van der Waals surface area contributed by atoms with E-state index >= 15 is 0 Å². The minimum absolute atomic E-state index is 0.0309. The Balaban J connectivity index is 1.64. The number of carbonyl (C=O) groups is 2. The first-order valence-electron chi connectivity index (χ1n) is 7.79. The van der Waals surface area contributed by atoms with Crippen molar-refractivity contribution in [1.29, 1.82) is 0 Å². The number of rotatable bonds is 7. The molecule has 132 valence electrons. The van der Waals surface area contributed by atoms with E-state index in [1.807, 2.05) is 49.4 Å². The van der Waals surface area contributed by atoms with E-state index in [2.05, 4.69) is 32.1 Å². The Hall–Kier alpha value is -2.38. The van der Waals surface area contributed by atoms with Crippen molar-refractivity contribution in [3.8, 4) is 5.75 Å². The van der Waals surface area contributed by atoms with Crippen LogP contribution in [0.3, 0.4) is 0 Å². The zero-order valence-corrected chi connectivity index (χ0v) is 15.4. The second-order valence-electron chi connectivity index (χ2n) is 5.35. The van der Waals surface area contributed by atoms with E-state index in [1.165, 1.54) is 0 Å². The lowest BCUT2D eigenvalue weighted by Gasteiger charge is -2.14. The van der Waals surface area contributed by atoms with E-state index in [-0.39, 0.29) is 25.1 Å². The van der Waals surface area contributed by atoms with E-state index in [9.17, 15) is 9.59 Å². The Morgan fingerprint density at radius 1 is 1.00 bits per heavy atom. The van der Waals surface area contributed by atoms with Gasteiger partial charge in [-0.2, -0.15) is 0 Å². The van der Waals surface area contributed by atoms with Crippen LogP contribution < -0.4 is 20.9 Å². The Morgan fingerprint density at radius 3 is 2.32 bits per heavy atom. The quantitative estimate of drug-likeness (QED) is 0.617. The molecule has 0 fully saturated rings. The standard InChI is InChI=1S/C18H20BrN3O3/c1-13(14-5-3-2-4-6-14)20-11-17(23)21-22-18(24)12-25-16-9-7-15(19)8-10-16/h2-10,13,20H,11-12H2,1H3,(H,21,23)(H,22,24)/t13-/m1/s1. The first-order valence-corrected chi connectivity index (χ1v) is 8.58. The smallest absolute Gasteiger partial charge is 0.276 e. The summed E-state index contributed by atoms with van der Waals surface area (Å²) in [5.74, 6) is -0.199. The van der Waals surface area contributed by atoms with Gasteiger partial charge in [-0.25, -0.2) is 0 Å². The van der Waals surface area contributed by atoms with Crippen LogP contribution in [-0.4, -0.2) is 25.0 Å². The average Bonchev–Trinajstić information content (AvgIpc) is 2.64. The highest BCUT2D eigenvalue weighted by atomic mass is 79.9. The Labute approximate surface area is 155 Å². The molecule has 0 aromatic heterocycles. The molecule has 6 nitrogen and oxygen atoms in total. The van der Waals surface area contributed by atoms with Gasteiger partial charge in [0.2, 0.25) is 0 Å². The molecule has 2 amide bonds. The molecule has 0 saturated carbocycles. The number of hydrazine groups is 1. The van der Waals surface area contributed by atoms with Crippen molar-refractivity contribution < 1.29 is 14.3 Å². The van der Waals surface area contributed by atoms with Crippen LogP contribution in [0.4, 0.5) is 0 Å². The number of ether oxygens (including phenoxy) is 1. The number of hydrogen-bond donors (Lipinski definition) is 3. The van der Waals surface area contributed by atoms with Crippen LogP contribution in [0.15, 0.2) is 59.1 Å². The van der Waals surface area contributed by atoms with Crippen LogP contribution in [0, 0.1) is 0 Å². The molecule has 25 heavy (non-hydrogen) atoms. The van der Waals surface area contributed by atoms with Gasteiger partial charge in [0.25, 0.3) is 11.8 Å². The summed E-state index contributed by atoms with van der Waals surface area (Å²) in [6, 6.07) is 16.9. The molecule has 2 rings (SSSR count). The molecule has 0 aliphatic carbocycles. The maximum absolute atomic E-state index is 11.8. The molecule has 2 aromatic carbocycles. The molecule has 3 N–H and O–H groups in total. The number of nitrogens with one attached hydrogen (secondary N) is 3. The van der Waals surface area contributed by atoms with Crippen molar-refractivity contribution in [1.82, 2.24) is 16.2 Å². The van der Waals surface area contributed by atoms with Crippen molar-refractivity contribution in [3.05, 3.63) is 64.6 Å². The fourth-order valence-corrected chi connectivity index (χ4v) is 2.27. The highest BCUT2D eigenvalue weighted by Crippen LogP contribution is 2.15. The molecular formula is C18H20BrN3O3. The summed E-state index contributed by atoms with van der Waals surface area (Å²) in [7, 11) is 0. The van der Waals surface area contributed by atoms with Gasteiger partial charge in [0.15, 0.2) is 6.61 Å². The third-order valence-corrected chi connectivity index (χ3v) is 3.92. The molecular weight excluding hydrogens is 386 g/mol. The van der Waals surface area contributed by atoms with Crippen molar-refractivity contribution in [2.24, 2.45) is 0 Å². The normalized spacial score (nSPS) is 11.4. The van der Waals surface area contributed by atoms with Crippen molar-refractivity contribution in [2.45, 2.75) is 13.0 Å². The fourth-order valence-electron chi connectivity index (χ4n) is 2.00. The van der Waals surface area contributed by atoms with Gasteiger partial charge in [-0.1, -0.05) is 46.3 Å². The number of amides is 2. The Bertz CT molecular complexity index is 692. The second kappa shape index (κ2) is 9.80. The molecule has 0 spiro atoms. The highest BCUT2D eigenvalue weighted by molar-refractivity contribution is 9.10. The lowest BCUT2D eigenvalue weighted by molar-refractivity contribution is -0.129. The van der Waals surface area contributed by atoms with Crippen molar-refractivity contribution >= 4 is 27.7 Å². The monoisotopic (exact) mass is 405 g/mol. The first-order chi connectivity index (χ1) is 12.0. The predicted octanol–water partition coefficient (Wildman–Crippen LogP) is 2.33. The first kappa shape index (κ1) is 19.0. The molecule has 0 radical (unpaired) electrons. The zero-order valence-electron chi connectivity index (χ0n) is 13.8. The topological polar surface area (TPSA) is 79.5 Å². The highest BCUT2D eigenvalue weighted by Gasteiger charge is 2.08. The van der Waals surface area contributed by atoms with Crippen LogP contribution in [0.5, 0.6) is 5.75 Å². The Kier molecular flexibility index (Phi) is 7.43. The molecule has 7 heteroatoms.